The summed E-state index contributed by atoms with van der Waals surface area (Å²) in [6.45, 7) is 3.44. The van der Waals surface area contributed by atoms with Gasteiger partial charge in [-0.3, -0.25) is 9.59 Å². The van der Waals surface area contributed by atoms with Gasteiger partial charge < -0.3 is 16.2 Å². The summed E-state index contributed by atoms with van der Waals surface area (Å²) in [5, 5.41) is 16.4. The van der Waals surface area contributed by atoms with E-state index in [4.69, 9.17) is 5.73 Å². The molecule has 35 heavy (non-hydrogen) atoms. The smallest absolute Gasteiger partial charge is 0.392 e. The minimum atomic E-state index is -4.80. The predicted octanol–water partition coefficient (Wildman–Crippen LogP) is 4.99. The zero-order chi connectivity index (χ0) is 25.7. The van der Waals surface area contributed by atoms with Crippen molar-refractivity contribution in [2.24, 2.45) is 11.1 Å². The van der Waals surface area contributed by atoms with Gasteiger partial charge in [-0.1, -0.05) is 13.8 Å². The van der Waals surface area contributed by atoms with Crippen molar-refractivity contribution in [1.82, 2.24) is 9.78 Å². The molecular weight excluding hydrogens is 580 g/mol. The molecule has 4 rings (SSSR count). The second kappa shape index (κ2) is 8.94. The molecule has 0 fully saturated rings. The number of aromatic nitrogens is 2. The van der Waals surface area contributed by atoms with E-state index in [-0.39, 0.29) is 42.1 Å². The van der Waals surface area contributed by atoms with Crippen LogP contribution in [0.5, 0.6) is 0 Å². The Kier molecular flexibility index (Phi) is 6.43. The van der Waals surface area contributed by atoms with Crippen molar-refractivity contribution in [2.45, 2.75) is 39.5 Å². The lowest BCUT2D eigenvalue weighted by atomic mass is 9.75. The van der Waals surface area contributed by atoms with Crippen molar-refractivity contribution in [1.29, 1.82) is 0 Å². The van der Waals surface area contributed by atoms with Crippen LogP contribution >= 0.6 is 22.6 Å². The first-order chi connectivity index (χ1) is 16.3. The van der Waals surface area contributed by atoms with Crippen molar-refractivity contribution in [3.05, 3.63) is 68.0 Å². The maximum Gasteiger partial charge on any atom is 0.435 e. The number of carbonyl (C=O) groups is 2. The van der Waals surface area contributed by atoms with Crippen LogP contribution in [0.1, 0.15) is 57.9 Å². The molecule has 0 atom stereocenters. The van der Waals surface area contributed by atoms with E-state index in [1.54, 1.807) is 18.2 Å². The zero-order valence-corrected chi connectivity index (χ0v) is 21.0. The molecule has 2 aromatic carbocycles. The lowest BCUT2D eigenvalue weighted by molar-refractivity contribution is -0.141. The Morgan fingerprint density at radius 1 is 1.23 bits per heavy atom. The summed E-state index contributed by atoms with van der Waals surface area (Å²) in [6, 6.07) is 9.51. The van der Waals surface area contributed by atoms with E-state index in [0.29, 0.717) is 11.3 Å². The number of anilines is 2. The molecule has 1 heterocycles. The molecular formula is C24H22F3IN4O3. The van der Waals surface area contributed by atoms with E-state index in [1.807, 2.05) is 13.8 Å². The van der Waals surface area contributed by atoms with Gasteiger partial charge in [0, 0.05) is 15.7 Å². The number of primary amides is 1. The van der Waals surface area contributed by atoms with Gasteiger partial charge in [0.15, 0.2) is 11.5 Å². The zero-order valence-electron chi connectivity index (χ0n) is 18.8. The largest absolute Gasteiger partial charge is 0.435 e. The minimum absolute atomic E-state index is 0.0117. The van der Waals surface area contributed by atoms with Crippen molar-refractivity contribution >= 4 is 45.7 Å². The third-order valence-electron chi connectivity index (χ3n) is 5.82. The first-order valence-electron chi connectivity index (χ1n) is 10.6. The molecule has 7 nitrogen and oxygen atoms in total. The summed E-state index contributed by atoms with van der Waals surface area (Å²) in [6.07, 6.45) is -4.60. The van der Waals surface area contributed by atoms with Crippen LogP contribution in [0.3, 0.4) is 0 Å². The summed E-state index contributed by atoms with van der Waals surface area (Å²) < 4.78 is 43.3. The molecule has 4 N–H and O–H groups in total. The van der Waals surface area contributed by atoms with Crippen LogP contribution in [-0.4, -0.2) is 26.6 Å². The number of nitrogens with two attached hydrogens (primary N) is 1. The van der Waals surface area contributed by atoms with Crippen LogP contribution < -0.4 is 11.1 Å². The molecule has 1 amide bonds. The number of aliphatic hydroxyl groups excluding tert-OH is 1. The average molecular weight is 602 g/mol. The van der Waals surface area contributed by atoms with E-state index in [0.717, 1.165) is 8.25 Å². The number of hydrogen-bond acceptors (Lipinski definition) is 5. The van der Waals surface area contributed by atoms with Gasteiger partial charge in [0.1, 0.15) is 0 Å². The highest BCUT2D eigenvalue weighted by Crippen LogP contribution is 2.42. The maximum atomic E-state index is 13.8. The summed E-state index contributed by atoms with van der Waals surface area (Å²) in [5.74, 6) is -1.33. The molecule has 0 bridgehead atoms. The van der Waals surface area contributed by atoms with Gasteiger partial charge in [-0.05, 0) is 76.4 Å². The lowest BCUT2D eigenvalue weighted by Gasteiger charge is -2.29. The Morgan fingerprint density at radius 2 is 1.94 bits per heavy atom. The van der Waals surface area contributed by atoms with E-state index in [1.165, 1.54) is 18.2 Å². The number of alkyl halides is 3. The monoisotopic (exact) mass is 602 g/mol. The molecule has 1 aromatic heterocycles. The van der Waals surface area contributed by atoms with Gasteiger partial charge in [0.25, 0.3) is 5.91 Å². The second-order valence-electron chi connectivity index (χ2n) is 9.20. The number of ketones is 1. The van der Waals surface area contributed by atoms with Crippen molar-refractivity contribution in [3.63, 3.8) is 0 Å². The quantitative estimate of drug-likeness (QED) is 0.357. The van der Waals surface area contributed by atoms with Crippen molar-refractivity contribution in [3.8, 4) is 5.69 Å². The highest BCUT2D eigenvalue weighted by molar-refractivity contribution is 14.1. The SMILES string of the molecule is CC1(C)CC(=O)c2c(C(F)(F)F)nn(-c3ccc(C(N)=O)c(Nc4ccc([131I])c(CO)c4)c3)c2C1. The number of hydrogen-bond donors (Lipinski definition) is 3. The Labute approximate surface area is 212 Å². The number of nitrogens with zero attached hydrogens (tertiary/aromatic N) is 2. The fourth-order valence-corrected chi connectivity index (χ4v) is 4.78. The fraction of sp³-hybridized carbons (Fsp3) is 0.292. The molecule has 0 saturated carbocycles. The number of fused-ring (bicyclic) bond motifs is 1. The van der Waals surface area contributed by atoms with Crippen molar-refractivity contribution in [2.75, 3.05) is 5.32 Å². The molecule has 0 radical (unpaired) electrons. The number of Topliss-reactive ketones (excluding diaryl/α,β-unsaturated/α-hetero) is 1. The molecule has 11 heteroatoms. The van der Waals surface area contributed by atoms with Crippen LogP contribution in [0.25, 0.3) is 5.69 Å². The minimum Gasteiger partial charge on any atom is -0.392 e. The Morgan fingerprint density at radius 3 is 2.57 bits per heavy atom. The summed E-state index contributed by atoms with van der Waals surface area (Å²) >= 11 is 2.08. The third kappa shape index (κ3) is 4.92. The van der Waals surface area contributed by atoms with Gasteiger partial charge in [-0.15, -0.1) is 0 Å². The Balaban J connectivity index is 1.87. The van der Waals surface area contributed by atoms with Crippen LogP contribution in [0.15, 0.2) is 36.4 Å². The highest BCUT2D eigenvalue weighted by atomic mass is 131. The third-order valence-corrected chi connectivity index (χ3v) is 6.87. The number of nitrogens with one attached hydrogen (secondary N) is 1. The van der Waals surface area contributed by atoms with E-state index >= 15 is 0 Å². The first-order valence-corrected chi connectivity index (χ1v) is 11.7. The molecule has 184 valence electrons. The molecule has 1 aliphatic rings. The first kappa shape index (κ1) is 25.2. The number of amides is 1. The van der Waals surface area contributed by atoms with E-state index < -0.39 is 34.5 Å². The number of carbonyl (C=O) groups excluding carboxylic acids is 2. The molecule has 3 aromatic rings. The maximum absolute atomic E-state index is 13.8. The number of halogens is 4. The molecule has 0 aliphatic heterocycles. The predicted molar refractivity (Wildman–Crippen MR) is 132 cm³/mol. The number of aliphatic hydroxyl groups is 1. The van der Waals surface area contributed by atoms with Crippen LogP contribution in [-0.2, 0) is 19.2 Å². The van der Waals surface area contributed by atoms with Crippen LogP contribution in [0, 0.1) is 8.99 Å². The molecule has 0 unspecified atom stereocenters. The Bertz CT molecular complexity index is 1350. The topological polar surface area (TPSA) is 110 Å². The highest BCUT2D eigenvalue weighted by Gasteiger charge is 2.45. The fourth-order valence-electron chi connectivity index (χ4n) is 4.27. The second-order valence-corrected chi connectivity index (χ2v) is 10.4. The van der Waals surface area contributed by atoms with E-state index in [9.17, 15) is 27.9 Å². The van der Waals surface area contributed by atoms with E-state index in [2.05, 4.69) is 33.0 Å². The molecule has 0 spiro atoms. The van der Waals surface area contributed by atoms with Crippen molar-refractivity contribution < 1.29 is 27.9 Å². The Hall–Kier alpha value is -2.93. The standard InChI is InChI=1S/C24H22F3IN4O3/c1-23(2)9-18-20(19(34)10-23)21(24(25,26)27)31-32(18)14-4-5-15(22(29)35)17(8-14)30-13-3-6-16(28)12(7-13)11-33/h3-8,30,33H,9-11H2,1-2H3,(H2,29,35)/i28+4. The summed E-state index contributed by atoms with van der Waals surface area (Å²) in [5.41, 5.74) is 5.34. The number of rotatable bonds is 5. The lowest BCUT2D eigenvalue weighted by Crippen LogP contribution is -2.29. The summed E-state index contributed by atoms with van der Waals surface area (Å²) in [7, 11) is 0. The average Bonchev–Trinajstić information content (AvgIpc) is 3.14. The van der Waals surface area contributed by atoms with Gasteiger partial charge in [0.2, 0.25) is 0 Å². The van der Waals surface area contributed by atoms with Gasteiger partial charge in [-0.2, -0.15) is 18.3 Å². The van der Waals surface area contributed by atoms with Crippen LogP contribution in [0.2, 0.25) is 0 Å². The van der Waals surface area contributed by atoms with Gasteiger partial charge in [0.05, 0.1) is 34.8 Å². The van der Waals surface area contributed by atoms with Gasteiger partial charge >= 0.3 is 6.18 Å². The molecule has 1 aliphatic carbocycles. The summed E-state index contributed by atoms with van der Waals surface area (Å²) in [4.78, 5) is 24.8. The normalized spacial score (nSPS) is 15.1. The number of benzene rings is 2. The van der Waals surface area contributed by atoms with Gasteiger partial charge in [-0.25, -0.2) is 4.68 Å². The molecule has 0 saturated heterocycles. The van der Waals surface area contributed by atoms with Crippen LogP contribution in [0.4, 0.5) is 24.5 Å².